The second-order valence-electron chi connectivity index (χ2n) is 7.44. The number of aryl methyl sites for hydroxylation is 1. The molecular formula is C19H20F3N3OS. The number of rotatable bonds is 2. The molecule has 0 amide bonds. The van der Waals surface area contributed by atoms with Crippen molar-refractivity contribution >= 4 is 22.2 Å². The van der Waals surface area contributed by atoms with Gasteiger partial charge in [0, 0.05) is 16.7 Å². The molecule has 4 nitrogen and oxygen atoms in total. The van der Waals surface area contributed by atoms with Crippen LogP contribution in [0.5, 0.6) is 0 Å². The number of nitrogens with zero attached hydrogens (tertiary/aromatic N) is 3. The molecule has 0 saturated heterocycles. The van der Waals surface area contributed by atoms with Crippen LogP contribution in [0, 0.1) is 18.8 Å². The van der Waals surface area contributed by atoms with Gasteiger partial charge < -0.3 is 5.11 Å². The molecular weight excluding hydrogens is 375 g/mol. The summed E-state index contributed by atoms with van der Waals surface area (Å²) in [6, 6.07) is 7.60. The molecule has 2 heterocycles. The molecule has 0 unspecified atom stereocenters. The number of halogens is 3. The molecule has 144 valence electrons. The number of fused-ring (bicyclic) bond motifs is 1. The van der Waals surface area contributed by atoms with Crippen molar-refractivity contribution in [1.82, 2.24) is 4.98 Å². The zero-order valence-electron chi connectivity index (χ0n) is 15.0. The fourth-order valence-electron chi connectivity index (χ4n) is 3.82. The van der Waals surface area contributed by atoms with E-state index in [-0.39, 0.29) is 17.5 Å². The topological polar surface area (TPSA) is 48.7 Å². The number of thiazole rings is 1. The molecule has 1 aliphatic carbocycles. The first-order chi connectivity index (χ1) is 12.7. The highest BCUT2D eigenvalue weighted by molar-refractivity contribution is 7.14. The van der Waals surface area contributed by atoms with Crippen molar-refractivity contribution in [2.45, 2.75) is 45.0 Å². The van der Waals surface area contributed by atoms with Crippen molar-refractivity contribution in [2.75, 3.05) is 5.01 Å². The van der Waals surface area contributed by atoms with E-state index in [1.165, 1.54) is 0 Å². The Hall–Kier alpha value is -1.93. The number of alkyl halides is 3. The minimum absolute atomic E-state index is 0.0555. The van der Waals surface area contributed by atoms with Gasteiger partial charge in [-0.2, -0.15) is 23.3 Å². The predicted octanol–water partition coefficient (Wildman–Crippen LogP) is 4.98. The van der Waals surface area contributed by atoms with Gasteiger partial charge in [-0.25, -0.2) is 4.98 Å². The zero-order valence-corrected chi connectivity index (χ0v) is 15.8. The van der Waals surface area contributed by atoms with Crippen molar-refractivity contribution < 1.29 is 18.3 Å². The minimum Gasteiger partial charge on any atom is -0.362 e. The zero-order chi connectivity index (χ0) is 19.4. The van der Waals surface area contributed by atoms with Crippen LogP contribution in [0.2, 0.25) is 0 Å². The molecule has 1 fully saturated rings. The Bertz CT molecular complexity index is 877. The average molecular weight is 395 g/mol. The predicted molar refractivity (Wildman–Crippen MR) is 99.7 cm³/mol. The van der Waals surface area contributed by atoms with Crippen LogP contribution in [0.3, 0.4) is 0 Å². The van der Waals surface area contributed by atoms with Crippen LogP contribution in [0.4, 0.5) is 18.3 Å². The summed E-state index contributed by atoms with van der Waals surface area (Å²) in [5.74, 6) is -0.935. The van der Waals surface area contributed by atoms with E-state index in [4.69, 9.17) is 0 Å². The lowest BCUT2D eigenvalue weighted by molar-refractivity contribution is -0.269. The SMILES string of the molecule is Cc1ccc(-c2csc(N3N=C4CC[C@H](C)C[C@@H]4[C@]3(O)C(F)(F)F)n2)cc1. The molecule has 2 aliphatic rings. The van der Waals surface area contributed by atoms with Crippen LogP contribution in [-0.2, 0) is 0 Å². The smallest absolute Gasteiger partial charge is 0.362 e. The van der Waals surface area contributed by atoms with Gasteiger partial charge in [-0.05, 0) is 32.1 Å². The third-order valence-corrected chi connectivity index (χ3v) is 6.22. The van der Waals surface area contributed by atoms with Crippen molar-refractivity contribution in [2.24, 2.45) is 16.9 Å². The molecule has 1 aliphatic heterocycles. The summed E-state index contributed by atoms with van der Waals surface area (Å²) in [7, 11) is 0. The lowest BCUT2D eigenvalue weighted by Gasteiger charge is -2.39. The number of aliphatic hydroxyl groups is 1. The molecule has 4 rings (SSSR count). The van der Waals surface area contributed by atoms with E-state index in [1.807, 2.05) is 38.1 Å². The lowest BCUT2D eigenvalue weighted by Crippen LogP contribution is -2.60. The molecule has 8 heteroatoms. The summed E-state index contributed by atoms with van der Waals surface area (Å²) in [4.78, 5) is 4.36. The minimum atomic E-state index is -4.84. The molecule has 1 aromatic heterocycles. The monoisotopic (exact) mass is 395 g/mol. The van der Waals surface area contributed by atoms with Crippen LogP contribution in [0.1, 0.15) is 31.7 Å². The average Bonchev–Trinajstić information content (AvgIpc) is 3.19. The van der Waals surface area contributed by atoms with Crippen molar-refractivity contribution in [3.05, 3.63) is 35.2 Å². The van der Waals surface area contributed by atoms with Gasteiger partial charge in [0.15, 0.2) is 0 Å². The molecule has 0 spiro atoms. The number of aromatic nitrogens is 1. The summed E-state index contributed by atoms with van der Waals surface area (Å²) in [6.07, 6.45) is -3.32. The second kappa shape index (κ2) is 6.31. The van der Waals surface area contributed by atoms with E-state index in [1.54, 1.807) is 5.38 Å². The van der Waals surface area contributed by atoms with Gasteiger partial charge in [-0.15, -0.1) is 11.3 Å². The van der Waals surface area contributed by atoms with E-state index < -0.39 is 17.8 Å². The molecule has 27 heavy (non-hydrogen) atoms. The third-order valence-electron chi connectivity index (χ3n) is 5.41. The highest BCUT2D eigenvalue weighted by atomic mass is 32.1. The molecule has 1 saturated carbocycles. The van der Waals surface area contributed by atoms with Crippen molar-refractivity contribution in [3.63, 3.8) is 0 Å². The van der Waals surface area contributed by atoms with E-state index in [0.29, 0.717) is 22.8 Å². The van der Waals surface area contributed by atoms with Gasteiger partial charge in [0.05, 0.1) is 11.6 Å². The van der Waals surface area contributed by atoms with E-state index in [9.17, 15) is 18.3 Å². The Morgan fingerprint density at radius 2 is 1.96 bits per heavy atom. The highest BCUT2D eigenvalue weighted by Crippen LogP contribution is 2.51. The molecule has 1 N–H and O–H groups in total. The number of hydrazone groups is 1. The Morgan fingerprint density at radius 1 is 1.26 bits per heavy atom. The van der Waals surface area contributed by atoms with E-state index in [2.05, 4.69) is 10.1 Å². The Morgan fingerprint density at radius 3 is 2.63 bits per heavy atom. The third kappa shape index (κ3) is 2.95. The van der Waals surface area contributed by atoms with Crippen LogP contribution in [0.25, 0.3) is 11.3 Å². The summed E-state index contributed by atoms with van der Waals surface area (Å²) in [6.45, 7) is 3.87. The first-order valence-electron chi connectivity index (χ1n) is 8.89. The molecule has 0 radical (unpaired) electrons. The standard InChI is InChI=1S/C19H20F3N3OS/c1-11-3-6-13(7-4-11)16-10-27-17(23-16)25-18(26,19(20,21)22)14-9-12(2)5-8-15(14)24-25/h3-4,6-7,10,12,14,26H,5,8-9H2,1-2H3/t12-,14-,18-/m0/s1. The quantitative estimate of drug-likeness (QED) is 0.780. The van der Waals surface area contributed by atoms with Crippen LogP contribution >= 0.6 is 11.3 Å². The Kier molecular flexibility index (Phi) is 4.31. The summed E-state index contributed by atoms with van der Waals surface area (Å²) in [5, 5.41) is 17.5. The molecule has 1 aromatic carbocycles. The van der Waals surface area contributed by atoms with Gasteiger partial charge >= 0.3 is 6.18 Å². The van der Waals surface area contributed by atoms with Gasteiger partial charge in [0.25, 0.3) is 5.72 Å². The van der Waals surface area contributed by atoms with Gasteiger partial charge in [-0.3, -0.25) is 0 Å². The van der Waals surface area contributed by atoms with E-state index in [0.717, 1.165) is 28.9 Å². The second-order valence-corrected chi connectivity index (χ2v) is 8.28. The number of anilines is 1. The molecule has 0 bridgehead atoms. The first kappa shape index (κ1) is 18.4. The fraction of sp³-hybridized carbons (Fsp3) is 0.474. The number of hydrogen-bond donors (Lipinski definition) is 1. The van der Waals surface area contributed by atoms with Crippen molar-refractivity contribution in [3.8, 4) is 11.3 Å². The first-order valence-corrected chi connectivity index (χ1v) is 9.77. The highest BCUT2D eigenvalue weighted by Gasteiger charge is 2.68. The maximum absolute atomic E-state index is 14.0. The lowest BCUT2D eigenvalue weighted by atomic mass is 9.76. The Labute approximate surface area is 159 Å². The van der Waals surface area contributed by atoms with Crippen LogP contribution in [0.15, 0.2) is 34.7 Å². The van der Waals surface area contributed by atoms with Crippen LogP contribution in [-0.4, -0.2) is 27.7 Å². The maximum Gasteiger partial charge on any atom is 0.439 e. The summed E-state index contributed by atoms with van der Waals surface area (Å²) in [5.41, 5.74) is -0.149. The fourth-order valence-corrected chi connectivity index (χ4v) is 4.65. The molecule has 2 aromatic rings. The van der Waals surface area contributed by atoms with Crippen molar-refractivity contribution in [1.29, 1.82) is 0 Å². The number of benzene rings is 1. The Balaban J connectivity index is 1.74. The normalized spacial score (nSPS) is 28.2. The number of hydrogen-bond acceptors (Lipinski definition) is 5. The van der Waals surface area contributed by atoms with Crippen LogP contribution < -0.4 is 5.01 Å². The van der Waals surface area contributed by atoms with Gasteiger partial charge in [-0.1, -0.05) is 36.8 Å². The summed E-state index contributed by atoms with van der Waals surface area (Å²) >= 11 is 1.06. The largest absolute Gasteiger partial charge is 0.439 e. The molecule has 3 atom stereocenters. The maximum atomic E-state index is 14.0. The van der Waals surface area contributed by atoms with E-state index >= 15 is 0 Å². The van der Waals surface area contributed by atoms with Gasteiger partial charge in [0.1, 0.15) is 0 Å². The summed E-state index contributed by atoms with van der Waals surface area (Å²) < 4.78 is 41.9. The van der Waals surface area contributed by atoms with Gasteiger partial charge in [0.2, 0.25) is 5.13 Å².